The van der Waals surface area contributed by atoms with E-state index in [0.717, 1.165) is 0 Å². The Morgan fingerprint density at radius 2 is 2.44 bits per heavy atom. The van der Waals surface area contributed by atoms with E-state index in [1.165, 1.54) is 13.1 Å². The first-order valence-electron chi connectivity index (χ1n) is 5.19. The number of hydrogen-bond acceptors (Lipinski definition) is 5. The van der Waals surface area contributed by atoms with E-state index in [-0.39, 0.29) is 6.54 Å². The first-order chi connectivity index (χ1) is 7.49. The highest BCUT2D eigenvalue weighted by atomic mass is 19.1. The predicted octanol–water partition coefficient (Wildman–Crippen LogP) is 0.358. The van der Waals surface area contributed by atoms with Crippen LogP contribution in [0.15, 0.2) is 12.3 Å². The third kappa shape index (κ3) is 2.06. The Kier molecular flexibility index (Phi) is 2.67. The van der Waals surface area contributed by atoms with Crippen molar-refractivity contribution in [1.82, 2.24) is 9.97 Å². The third-order valence-electron chi connectivity index (χ3n) is 2.89. The fourth-order valence-corrected chi connectivity index (χ4v) is 1.70. The van der Waals surface area contributed by atoms with Gasteiger partial charge in [-0.25, -0.2) is 9.37 Å². The van der Waals surface area contributed by atoms with Crippen molar-refractivity contribution in [2.75, 3.05) is 23.7 Å². The summed E-state index contributed by atoms with van der Waals surface area (Å²) < 4.78 is 13.6. The highest BCUT2D eigenvalue weighted by Gasteiger charge is 2.38. The van der Waals surface area contributed by atoms with Gasteiger partial charge in [-0.15, -0.1) is 0 Å². The molecule has 16 heavy (non-hydrogen) atoms. The standard InChI is InChI=1S/C10H15FN4O/c1-10(16)3-5-15(6-7(10)11)9-13-4-2-8(12)14-9/h2,4,7,16H,3,5-6H2,1H3,(H2,12,13,14). The Morgan fingerprint density at radius 3 is 3.06 bits per heavy atom. The predicted molar refractivity (Wildman–Crippen MR) is 58.8 cm³/mol. The van der Waals surface area contributed by atoms with Crippen molar-refractivity contribution < 1.29 is 9.50 Å². The van der Waals surface area contributed by atoms with Crippen LogP contribution in [-0.2, 0) is 0 Å². The molecule has 5 nitrogen and oxygen atoms in total. The molecule has 2 heterocycles. The number of nitrogens with zero attached hydrogens (tertiary/aromatic N) is 3. The number of aliphatic hydroxyl groups is 1. The molecule has 1 saturated heterocycles. The quantitative estimate of drug-likeness (QED) is 0.723. The number of aromatic nitrogens is 2. The van der Waals surface area contributed by atoms with Crippen LogP contribution in [0.5, 0.6) is 0 Å². The summed E-state index contributed by atoms with van der Waals surface area (Å²) in [5.41, 5.74) is 4.28. The summed E-state index contributed by atoms with van der Waals surface area (Å²) in [6.45, 7) is 2.13. The fourth-order valence-electron chi connectivity index (χ4n) is 1.70. The van der Waals surface area contributed by atoms with E-state index >= 15 is 0 Å². The highest BCUT2D eigenvalue weighted by molar-refractivity contribution is 5.38. The number of halogens is 1. The molecular weight excluding hydrogens is 211 g/mol. The molecule has 1 aromatic heterocycles. The molecule has 0 spiro atoms. The first kappa shape index (κ1) is 11.1. The Labute approximate surface area is 93.1 Å². The van der Waals surface area contributed by atoms with Gasteiger partial charge >= 0.3 is 0 Å². The van der Waals surface area contributed by atoms with Gasteiger partial charge in [-0.1, -0.05) is 0 Å². The average molecular weight is 226 g/mol. The van der Waals surface area contributed by atoms with E-state index < -0.39 is 11.8 Å². The lowest BCUT2D eigenvalue weighted by Gasteiger charge is -2.38. The van der Waals surface area contributed by atoms with E-state index in [0.29, 0.717) is 24.7 Å². The van der Waals surface area contributed by atoms with E-state index in [4.69, 9.17) is 5.73 Å². The molecule has 1 fully saturated rings. The van der Waals surface area contributed by atoms with Gasteiger partial charge in [-0.05, 0) is 19.4 Å². The highest BCUT2D eigenvalue weighted by Crippen LogP contribution is 2.26. The van der Waals surface area contributed by atoms with Gasteiger partial charge in [0.1, 0.15) is 12.0 Å². The molecule has 1 aliphatic rings. The van der Waals surface area contributed by atoms with Gasteiger partial charge in [-0.3, -0.25) is 0 Å². The summed E-state index contributed by atoms with van der Waals surface area (Å²) >= 11 is 0. The summed E-state index contributed by atoms with van der Waals surface area (Å²) in [4.78, 5) is 9.75. The average Bonchev–Trinajstić information content (AvgIpc) is 2.22. The van der Waals surface area contributed by atoms with Crippen LogP contribution in [0.3, 0.4) is 0 Å². The van der Waals surface area contributed by atoms with E-state index in [9.17, 15) is 9.50 Å². The van der Waals surface area contributed by atoms with Crippen LogP contribution in [0.25, 0.3) is 0 Å². The normalized spacial score (nSPS) is 30.4. The van der Waals surface area contributed by atoms with Gasteiger partial charge < -0.3 is 15.7 Å². The minimum absolute atomic E-state index is 0.0937. The molecule has 0 radical (unpaired) electrons. The van der Waals surface area contributed by atoms with Crippen LogP contribution < -0.4 is 10.6 Å². The SMILES string of the molecule is CC1(O)CCN(c2nccc(N)n2)CC1F. The van der Waals surface area contributed by atoms with Crippen LogP contribution in [0.2, 0.25) is 0 Å². The minimum atomic E-state index is -1.30. The molecule has 0 saturated carbocycles. The second-order valence-electron chi connectivity index (χ2n) is 4.30. The largest absolute Gasteiger partial charge is 0.387 e. The number of anilines is 2. The second kappa shape index (κ2) is 3.86. The lowest BCUT2D eigenvalue weighted by molar-refractivity contribution is -0.0332. The monoisotopic (exact) mass is 226 g/mol. The Morgan fingerprint density at radius 1 is 1.69 bits per heavy atom. The smallest absolute Gasteiger partial charge is 0.227 e. The van der Waals surface area contributed by atoms with Crippen LogP contribution in [0, 0.1) is 0 Å². The summed E-state index contributed by atoms with van der Waals surface area (Å²) in [5, 5.41) is 9.70. The van der Waals surface area contributed by atoms with E-state index in [1.807, 2.05) is 0 Å². The molecule has 2 rings (SSSR count). The van der Waals surface area contributed by atoms with Gasteiger partial charge in [0.15, 0.2) is 0 Å². The first-order valence-corrected chi connectivity index (χ1v) is 5.19. The number of nitrogen functional groups attached to an aromatic ring is 1. The number of hydrogen-bond donors (Lipinski definition) is 2. The van der Waals surface area contributed by atoms with Crippen molar-refractivity contribution in [2.45, 2.75) is 25.1 Å². The van der Waals surface area contributed by atoms with Crippen LogP contribution in [0.1, 0.15) is 13.3 Å². The Hall–Kier alpha value is -1.43. The van der Waals surface area contributed by atoms with Gasteiger partial charge in [0.05, 0.1) is 12.1 Å². The van der Waals surface area contributed by atoms with Crippen molar-refractivity contribution in [3.05, 3.63) is 12.3 Å². The molecule has 0 aromatic carbocycles. The molecule has 2 atom stereocenters. The molecule has 6 heteroatoms. The molecule has 1 aromatic rings. The van der Waals surface area contributed by atoms with Gasteiger partial charge in [0, 0.05) is 12.7 Å². The van der Waals surface area contributed by atoms with Crippen LogP contribution >= 0.6 is 0 Å². The number of nitrogens with two attached hydrogens (primary N) is 1. The fraction of sp³-hybridized carbons (Fsp3) is 0.600. The zero-order valence-electron chi connectivity index (χ0n) is 9.10. The number of alkyl halides is 1. The molecule has 0 aliphatic carbocycles. The zero-order valence-corrected chi connectivity index (χ0v) is 9.10. The molecular formula is C10H15FN4O. The van der Waals surface area contributed by atoms with Crippen molar-refractivity contribution >= 4 is 11.8 Å². The minimum Gasteiger partial charge on any atom is -0.387 e. The van der Waals surface area contributed by atoms with Crippen molar-refractivity contribution in [2.24, 2.45) is 0 Å². The second-order valence-corrected chi connectivity index (χ2v) is 4.30. The zero-order chi connectivity index (χ0) is 11.8. The molecule has 88 valence electrons. The van der Waals surface area contributed by atoms with Gasteiger partial charge in [0.25, 0.3) is 0 Å². The lowest BCUT2D eigenvalue weighted by Crippen LogP contribution is -2.52. The van der Waals surface area contributed by atoms with Gasteiger partial charge in [-0.2, -0.15) is 4.98 Å². The van der Waals surface area contributed by atoms with Crippen LogP contribution in [0.4, 0.5) is 16.2 Å². The molecule has 0 amide bonds. The maximum atomic E-state index is 13.6. The maximum absolute atomic E-state index is 13.6. The summed E-state index contributed by atoms with van der Waals surface area (Å²) in [6, 6.07) is 1.58. The van der Waals surface area contributed by atoms with Crippen molar-refractivity contribution in [1.29, 1.82) is 0 Å². The number of rotatable bonds is 1. The summed E-state index contributed by atoms with van der Waals surface area (Å²) in [5.74, 6) is 0.774. The number of piperidine rings is 1. The van der Waals surface area contributed by atoms with Gasteiger partial charge in [0.2, 0.25) is 5.95 Å². The van der Waals surface area contributed by atoms with Crippen molar-refractivity contribution in [3.8, 4) is 0 Å². The molecule has 0 bridgehead atoms. The Bertz CT molecular complexity index is 385. The maximum Gasteiger partial charge on any atom is 0.227 e. The van der Waals surface area contributed by atoms with E-state index in [1.54, 1.807) is 11.0 Å². The topological polar surface area (TPSA) is 75.3 Å². The molecule has 2 unspecified atom stereocenters. The third-order valence-corrected chi connectivity index (χ3v) is 2.89. The Balaban J connectivity index is 2.14. The van der Waals surface area contributed by atoms with Crippen LogP contribution in [-0.4, -0.2) is 39.9 Å². The summed E-state index contributed by atoms with van der Waals surface area (Å²) in [6.07, 6.45) is 0.593. The molecule has 1 aliphatic heterocycles. The lowest BCUT2D eigenvalue weighted by atomic mass is 9.92. The van der Waals surface area contributed by atoms with E-state index in [2.05, 4.69) is 9.97 Å². The molecule has 3 N–H and O–H groups in total. The summed E-state index contributed by atoms with van der Waals surface area (Å²) in [7, 11) is 0. The van der Waals surface area contributed by atoms with Crippen molar-refractivity contribution in [3.63, 3.8) is 0 Å².